The molecule has 0 aliphatic carbocycles. The molecule has 1 aliphatic heterocycles. The van der Waals surface area contributed by atoms with Gasteiger partial charge >= 0.3 is 0 Å². The highest BCUT2D eigenvalue weighted by Gasteiger charge is 2.30. The van der Waals surface area contributed by atoms with Crippen LogP contribution in [0.4, 0.5) is 0 Å². The van der Waals surface area contributed by atoms with Crippen LogP contribution in [0.15, 0.2) is 48.9 Å². The molecule has 1 aromatic carbocycles. The van der Waals surface area contributed by atoms with Gasteiger partial charge in [-0.05, 0) is 11.5 Å². The van der Waals surface area contributed by atoms with E-state index in [1.165, 1.54) is 12.4 Å². The molecule has 1 amide bonds. The van der Waals surface area contributed by atoms with Crippen LogP contribution in [0.3, 0.4) is 0 Å². The third-order valence-corrected chi connectivity index (χ3v) is 4.36. The summed E-state index contributed by atoms with van der Waals surface area (Å²) in [5, 5.41) is 10.9. The highest BCUT2D eigenvalue weighted by molar-refractivity contribution is 6.05. The second-order valence-electron chi connectivity index (χ2n) is 5.98. The Morgan fingerprint density at radius 3 is 2.88 bits per heavy atom. The van der Waals surface area contributed by atoms with Crippen molar-refractivity contribution in [3.05, 3.63) is 60.3 Å². The van der Waals surface area contributed by atoms with Gasteiger partial charge in [-0.3, -0.25) is 9.78 Å². The number of rotatable bonds is 3. The predicted octanol–water partition coefficient (Wildman–Crippen LogP) is 2.19. The molecular weight excluding hydrogens is 330 g/mol. The summed E-state index contributed by atoms with van der Waals surface area (Å²) in [6, 6.07) is 11.5. The van der Waals surface area contributed by atoms with Crippen LogP contribution in [0, 0.1) is 11.3 Å². The molecular formula is C19H15N5O2. The Balaban J connectivity index is 1.52. The fourth-order valence-electron chi connectivity index (χ4n) is 3.09. The molecule has 26 heavy (non-hydrogen) atoms. The molecule has 7 nitrogen and oxygen atoms in total. The predicted molar refractivity (Wildman–Crippen MR) is 93.4 cm³/mol. The Morgan fingerprint density at radius 1 is 1.15 bits per heavy atom. The summed E-state index contributed by atoms with van der Waals surface area (Å²) in [4.78, 5) is 26.9. The number of aromatic nitrogens is 3. The number of benzene rings is 1. The van der Waals surface area contributed by atoms with E-state index in [-0.39, 0.29) is 23.6 Å². The number of likely N-dealkylation sites (tertiary alicyclic amines) is 1. The first-order chi connectivity index (χ1) is 12.8. The van der Waals surface area contributed by atoms with Crippen LogP contribution < -0.4 is 4.74 Å². The van der Waals surface area contributed by atoms with Gasteiger partial charge < -0.3 is 9.64 Å². The molecule has 1 aliphatic rings. The Kier molecular flexibility index (Phi) is 4.15. The van der Waals surface area contributed by atoms with Crippen LogP contribution in [-0.4, -0.2) is 45.0 Å². The van der Waals surface area contributed by atoms with Gasteiger partial charge in [-0.2, -0.15) is 5.26 Å². The van der Waals surface area contributed by atoms with Crippen LogP contribution in [-0.2, 0) is 0 Å². The lowest BCUT2D eigenvalue weighted by Crippen LogP contribution is -2.31. The number of fused-ring (bicyclic) bond motifs is 1. The number of ether oxygens (including phenoxy) is 1. The van der Waals surface area contributed by atoms with Crippen molar-refractivity contribution >= 4 is 16.7 Å². The summed E-state index contributed by atoms with van der Waals surface area (Å²) >= 11 is 0. The van der Waals surface area contributed by atoms with E-state index in [2.05, 4.69) is 15.0 Å². The molecule has 7 heteroatoms. The molecule has 1 fully saturated rings. The number of nitriles is 1. The lowest BCUT2D eigenvalue weighted by Gasteiger charge is -2.17. The Bertz CT molecular complexity index is 1010. The zero-order valence-electron chi connectivity index (χ0n) is 13.9. The van der Waals surface area contributed by atoms with Gasteiger partial charge in [0.1, 0.15) is 17.9 Å². The molecule has 3 aromatic rings. The molecule has 0 bridgehead atoms. The maximum Gasteiger partial charge on any atom is 0.273 e. The van der Waals surface area contributed by atoms with E-state index in [0.717, 1.165) is 10.8 Å². The molecule has 2 aromatic heterocycles. The van der Waals surface area contributed by atoms with Crippen molar-refractivity contribution in [2.24, 2.45) is 0 Å². The topological polar surface area (TPSA) is 92.0 Å². The second-order valence-corrected chi connectivity index (χ2v) is 5.98. The van der Waals surface area contributed by atoms with Crippen LogP contribution >= 0.6 is 0 Å². The fraction of sp³-hybridized carbons (Fsp3) is 0.211. The molecule has 1 atom stereocenters. The summed E-state index contributed by atoms with van der Waals surface area (Å²) in [6.45, 7) is 0.988. The number of carbonyl (C=O) groups is 1. The molecule has 4 rings (SSSR count). The van der Waals surface area contributed by atoms with E-state index < -0.39 is 0 Å². The molecule has 0 saturated carbocycles. The van der Waals surface area contributed by atoms with E-state index in [9.17, 15) is 4.79 Å². The number of pyridine rings is 1. The van der Waals surface area contributed by atoms with Gasteiger partial charge in [0.25, 0.3) is 11.8 Å². The number of amides is 1. The summed E-state index contributed by atoms with van der Waals surface area (Å²) in [6.07, 6.45) is 5.02. The summed E-state index contributed by atoms with van der Waals surface area (Å²) in [5.74, 6) is 0.0881. The molecule has 0 N–H and O–H groups in total. The number of hydrogen-bond acceptors (Lipinski definition) is 6. The third-order valence-electron chi connectivity index (χ3n) is 4.36. The van der Waals surface area contributed by atoms with Crippen molar-refractivity contribution in [3.63, 3.8) is 0 Å². The van der Waals surface area contributed by atoms with Crippen molar-refractivity contribution in [1.29, 1.82) is 5.26 Å². The summed E-state index contributed by atoms with van der Waals surface area (Å²) in [7, 11) is 0. The number of nitrogens with zero attached hydrogens (tertiary/aromatic N) is 5. The Morgan fingerprint density at radius 2 is 2.00 bits per heavy atom. The number of carbonyl (C=O) groups excluding carboxylic acids is 1. The van der Waals surface area contributed by atoms with Crippen molar-refractivity contribution < 1.29 is 9.53 Å². The monoisotopic (exact) mass is 345 g/mol. The van der Waals surface area contributed by atoms with E-state index in [4.69, 9.17) is 10.00 Å². The van der Waals surface area contributed by atoms with Crippen molar-refractivity contribution in [2.75, 3.05) is 13.1 Å². The van der Waals surface area contributed by atoms with Crippen LogP contribution in [0.5, 0.6) is 5.88 Å². The van der Waals surface area contributed by atoms with E-state index in [0.29, 0.717) is 25.2 Å². The smallest absolute Gasteiger partial charge is 0.273 e. The second kappa shape index (κ2) is 6.76. The molecule has 0 radical (unpaired) electrons. The maximum atomic E-state index is 12.9. The lowest BCUT2D eigenvalue weighted by atomic mass is 10.1. The first kappa shape index (κ1) is 16.0. The minimum absolute atomic E-state index is 0.118. The molecule has 1 saturated heterocycles. The van der Waals surface area contributed by atoms with Crippen molar-refractivity contribution in [1.82, 2.24) is 19.9 Å². The van der Waals surface area contributed by atoms with Gasteiger partial charge in [0.15, 0.2) is 0 Å². The van der Waals surface area contributed by atoms with Crippen LogP contribution in [0.2, 0.25) is 0 Å². The molecule has 0 spiro atoms. The number of hydrogen-bond donors (Lipinski definition) is 0. The maximum absolute atomic E-state index is 12.9. The van der Waals surface area contributed by atoms with Gasteiger partial charge in [-0.15, -0.1) is 0 Å². The van der Waals surface area contributed by atoms with E-state index in [1.807, 2.05) is 36.4 Å². The standard InChI is InChI=1S/C19H15N5O2/c20-11-16-18(23-9-8-21-16)26-14-6-10-24(12-14)19(25)17-15-4-2-1-3-13(15)5-7-22-17/h1-5,7-9,14H,6,10,12H2/t14-/m1/s1. The van der Waals surface area contributed by atoms with Gasteiger partial charge in [-0.25, -0.2) is 9.97 Å². The van der Waals surface area contributed by atoms with E-state index in [1.54, 1.807) is 11.1 Å². The van der Waals surface area contributed by atoms with Crippen LogP contribution in [0.25, 0.3) is 10.8 Å². The first-order valence-corrected chi connectivity index (χ1v) is 8.27. The SMILES string of the molecule is N#Cc1nccnc1O[C@@H]1CCN(C(=O)c2nccc3ccccc23)C1. The van der Waals surface area contributed by atoms with Gasteiger partial charge in [0.05, 0.1) is 6.54 Å². The van der Waals surface area contributed by atoms with Crippen LogP contribution in [0.1, 0.15) is 22.6 Å². The zero-order valence-corrected chi connectivity index (χ0v) is 13.9. The Labute approximate surface area is 149 Å². The third kappa shape index (κ3) is 2.93. The highest BCUT2D eigenvalue weighted by Crippen LogP contribution is 2.22. The normalized spacial score (nSPS) is 16.4. The van der Waals surface area contributed by atoms with Gasteiger partial charge in [0, 0.05) is 36.9 Å². The zero-order chi connectivity index (χ0) is 17.9. The fourth-order valence-corrected chi connectivity index (χ4v) is 3.09. The minimum Gasteiger partial charge on any atom is -0.470 e. The largest absolute Gasteiger partial charge is 0.470 e. The molecule has 0 unspecified atom stereocenters. The molecule has 3 heterocycles. The summed E-state index contributed by atoms with van der Waals surface area (Å²) < 4.78 is 5.79. The van der Waals surface area contributed by atoms with Gasteiger partial charge in [-0.1, -0.05) is 24.3 Å². The summed E-state index contributed by atoms with van der Waals surface area (Å²) in [5.41, 5.74) is 0.592. The average Bonchev–Trinajstić information content (AvgIpc) is 3.16. The highest BCUT2D eigenvalue weighted by atomic mass is 16.5. The van der Waals surface area contributed by atoms with Gasteiger partial charge in [0.2, 0.25) is 5.69 Å². The quantitative estimate of drug-likeness (QED) is 0.722. The Hall–Kier alpha value is -3.53. The first-order valence-electron chi connectivity index (χ1n) is 8.27. The van der Waals surface area contributed by atoms with Crippen molar-refractivity contribution in [3.8, 4) is 11.9 Å². The molecule has 128 valence electrons. The lowest BCUT2D eigenvalue weighted by molar-refractivity contribution is 0.0767. The van der Waals surface area contributed by atoms with E-state index >= 15 is 0 Å². The van der Waals surface area contributed by atoms with Crippen molar-refractivity contribution in [2.45, 2.75) is 12.5 Å². The minimum atomic E-state index is -0.224. The average molecular weight is 345 g/mol.